The Labute approximate surface area is 73.7 Å². The number of halogens is 1. The summed E-state index contributed by atoms with van der Waals surface area (Å²) in [7, 11) is 1.58. The molecular weight excluding hydrogens is 208 g/mol. The Morgan fingerprint density at radius 2 is 2.36 bits per heavy atom. The molecule has 0 spiro atoms. The van der Waals surface area contributed by atoms with Crippen LogP contribution in [0.2, 0.25) is 0 Å². The molecule has 0 radical (unpaired) electrons. The third-order valence-electron chi connectivity index (χ3n) is 1.32. The van der Waals surface area contributed by atoms with Gasteiger partial charge in [0.05, 0.1) is 7.11 Å². The fraction of sp³-hybridized carbons (Fsp3) is 0.286. The van der Waals surface area contributed by atoms with Crippen molar-refractivity contribution in [3.05, 3.63) is 22.3 Å². The van der Waals surface area contributed by atoms with E-state index in [1.165, 1.54) is 0 Å². The van der Waals surface area contributed by atoms with Crippen molar-refractivity contribution in [1.82, 2.24) is 4.98 Å². The zero-order chi connectivity index (χ0) is 8.27. The average molecular weight is 217 g/mol. The molecule has 0 atom stereocenters. The maximum atomic E-state index is 5.44. The van der Waals surface area contributed by atoms with E-state index in [-0.39, 0.29) is 0 Å². The highest BCUT2D eigenvalue weighted by Crippen LogP contribution is 2.17. The summed E-state index contributed by atoms with van der Waals surface area (Å²) in [6.07, 6.45) is 0. The number of pyridine rings is 1. The molecule has 0 aliphatic rings. The zero-order valence-electron chi connectivity index (χ0n) is 6.17. The van der Waals surface area contributed by atoms with Gasteiger partial charge in [-0.15, -0.1) is 0 Å². The van der Waals surface area contributed by atoms with Crippen LogP contribution in [-0.2, 0) is 6.54 Å². The Morgan fingerprint density at radius 1 is 1.64 bits per heavy atom. The molecule has 1 aromatic rings. The van der Waals surface area contributed by atoms with E-state index in [1.54, 1.807) is 7.11 Å². The molecule has 0 unspecified atom stereocenters. The number of hydrogen-bond acceptors (Lipinski definition) is 3. The highest BCUT2D eigenvalue weighted by molar-refractivity contribution is 9.10. The smallest absolute Gasteiger partial charge is 0.218 e. The number of hydrogen-bond donors (Lipinski definition) is 1. The van der Waals surface area contributed by atoms with Gasteiger partial charge in [0.2, 0.25) is 5.88 Å². The zero-order valence-corrected chi connectivity index (χ0v) is 7.76. The molecule has 0 amide bonds. The maximum absolute atomic E-state index is 5.44. The lowest BCUT2D eigenvalue weighted by Gasteiger charge is -2.04. The normalized spacial score (nSPS) is 9.73. The Balaban J connectivity index is 3.06. The van der Waals surface area contributed by atoms with Crippen molar-refractivity contribution in [3.8, 4) is 5.88 Å². The molecule has 0 aliphatic carbocycles. The number of aromatic nitrogens is 1. The second-order valence-corrected chi connectivity index (χ2v) is 2.82. The van der Waals surface area contributed by atoms with Crippen molar-refractivity contribution in [2.45, 2.75) is 6.54 Å². The second kappa shape index (κ2) is 3.69. The lowest BCUT2D eigenvalue weighted by Crippen LogP contribution is -2.01. The van der Waals surface area contributed by atoms with Gasteiger partial charge in [-0.25, -0.2) is 4.98 Å². The molecule has 2 N–H and O–H groups in total. The van der Waals surface area contributed by atoms with Crippen LogP contribution >= 0.6 is 15.9 Å². The molecule has 0 aromatic carbocycles. The van der Waals surface area contributed by atoms with E-state index in [0.29, 0.717) is 12.4 Å². The standard InChI is InChI=1S/C7H9BrN2O/c1-11-7-5(4-9)2-3-6(8)10-7/h2-3H,4,9H2,1H3. The predicted octanol–water partition coefficient (Wildman–Crippen LogP) is 1.31. The summed E-state index contributed by atoms with van der Waals surface area (Å²) in [5.41, 5.74) is 6.35. The van der Waals surface area contributed by atoms with Crippen LogP contribution in [0.15, 0.2) is 16.7 Å². The van der Waals surface area contributed by atoms with Crippen LogP contribution < -0.4 is 10.5 Å². The quantitative estimate of drug-likeness (QED) is 0.759. The minimum absolute atomic E-state index is 0.448. The van der Waals surface area contributed by atoms with Crippen molar-refractivity contribution in [1.29, 1.82) is 0 Å². The molecule has 0 aliphatic heterocycles. The summed E-state index contributed by atoms with van der Waals surface area (Å²) in [5, 5.41) is 0. The van der Waals surface area contributed by atoms with Crippen LogP contribution in [0.3, 0.4) is 0 Å². The number of nitrogens with zero attached hydrogens (tertiary/aromatic N) is 1. The summed E-state index contributed by atoms with van der Waals surface area (Å²) < 4.78 is 5.75. The molecule has 1 heterocycles. The Bertz CT molecular complexity index is 252. The minimum Gasteiger partial charge on any atom is -0.481 e. The maximum Gasteiger partial charge on any atom is 0.218 e. The molecule has 0 bridgehead atoms. The van der Waals surface area contributed by atoms with Gasteiger partial charge in [-0.2, -0.15) is 0 Å². The van der Waals surface area contributed by atoms with Crippen molar-refractivity contribution in [2.24, 2.45) is 5.73 Å². The van der Waals surface area contributed by atoms with Crippen molar-refractivity contribution < 1.29 is 4.74 Å². The van der Waals surface area contributed by atoms with Crippen LogP contribution in [0.4, 0.5) is 0 Å². The van der Waals surface area contributed by atoms with E-state index in [9.17, 15) is 0 Å². The molecule has 0 saturated carbocycles. The van der Waals surface area contributed by atoms with Gasteiger partial charge in [0.1, 0.15) is 4.60 Å². The van der Waals surface area contributed by atoms with Crippen LogP contribution in [0.1, 0.15) is 5.56 Å². The van der Waals surface area contributed by atoms with Gasteiger partial charge in [0, 0.05) is 12.1 Å². The SMILES string of the molecule is COc1nc(Br)ccc1CN. The molecule has 60 valence electrons. The van der Waals surface area contributed by atoms with Crippen LogP contribution in [0, 0.1) is 0 Å². The molecule has 3 nitrogen and oxygen atoms in total. The van der Waals surface area contributed by atoms with E-state index >= 15 is 0 Å². The number of ether oxygens (including phenoxy) is 1. The second-order valence-electron chi connectivity index (χ2n) is 2.01. The molecule has 0 fully saturated rings. The fourth-order valence-corrected chi connectivity index (χ4v) is 1.07. The summed E-state index contributed by atoms with van der Waals surface area (Å²) in [6.45, 7) is 0.448. The first-order valence-electron chi connectivity index (χ1n) is 3.17. The van der Waals surface area contributed by atoms with Gasteiger partial charge in [0.25, 0.3) is 0 Å². The summed E-state index contributed by atoms with van der Waals surface area (Å²) in [6, 6.07) is 3.72. The van der Waals surface area contributed by atoms with Crippen LogP contribution in [0.5, 0.6) is 5.88 Å². The molecule has 1 rings (SSSR count). The van der Waals surface area contributed by atoms with Gasteiger partial charge in [0.15, 0.2) is 0 Å². The monoisotopic (exact) mass is 216 g/mol. The summed E-state index contributed by atoms with van der Waals surface area (Å²) >= 11 is 3.23. The van der Waals surface area contributed by atoms with E-state index in [4.69, 9.17) is 10.5 Å². The largest absolute Gasteiger partial charge is 0.481 e. The molecule has 11 heavy (non-hydrogen) atoms. The lowest BCUT2D eigenvalue weighted by atomic mass is 10.3. The predicted molar refractivity (Wildman–Crippen MR) is 46.4 cm³/mol. The Kier molecular flexibility index (Phi) is 2.84. The number of rotatable bonds is 2. The highest BCUT2D eigenvalue weighted by Gasteiger charge is 2.01. The third kappa shape index (κ3) is 1.91. The number of nitrogens with two attached hydrogens (primary N) is 1. The van der Waals surface area contributed by atoms with Crippen LogP contribution in [0.25, 0.3) is 0 Å². The first kappa shape index (κ1) is 8.49. The van der Waals surface area contributed by atoms with Crippen molar-refractivity contribution >= 4 is 15.9 Å². The van der Waals surface area contributed by atoms with Gasteiger partial charge in [-0.05, 0) is 28.1 Å². The fourth-order valence-electron chi connectivity index (χ4n) is 0.779. The van der Waals surface area contributed by atoms with E-state index in [0.717, 1.165) is 10.2 Å². The van der Waals surface area contributed by atoms with E-state index in [1.807, 2.05) is 12.1 Å². The van der Waals surface area contributed by atoms with E-state index in [2.05, 4.69) is 20.9 Å². The first-order valence-corrected chi connectivity index (χ1v) is 3.96. The molecule has 0 saturated heterocycles. The van der Waals surface area contributed by atoms with Crippen molar-refractivity contribution in [2.75, 3.05) is 7.11 Å². The van der Waals surface area contributed by atoms with E-state index < -0.39 is 0 Å². The lowest BCUT2D eigenvalue weighted by molar-refractivity contribution is 0.392. The third-order valence-corrected chi connectivity index (χ3v) is 1.76. The number of methoxy groups -OCH3 is 1. The molecular formula is C7H9BrN2O. The Hall–Kier alpha value is -0.610. The summed E-state index contributed by atoms with van der Waals surface area (Å²) in [5.74, 6) is 0.585. The van der Waals surface area contributed by atoms with Crippen LogP contribution in [-0.4, -0.2) is 12.1 Å². The minimum atomic E-state index is 0.448. The van der Waals surface area contributed by atoms with Gasteiger partial charge in [-0.3, -0.25) is 0 Å². The summed E-state index contributed by atoms with van der Waals surface area (Å²) in [4.78, 5) is 4.08. The molecule has 4 heteroatoms. The van der Waals surface area contributed by atoms with Gasteiger partial charge in [-0.1, -0.05) is 0 Å². The Morgan fingerprint density at radius 3 is 2.91 bits per heavy atom. The molecule has 1 aromatic heterocycles. The van der Waals surface area contributed by atoms with Gasteiger partial charge >= 0.3 is 0 Å². The topological polar surface area (TPSA) is 48.1 Å². The first-order chi connectivity index (χ1) is 5.27. The van der Waals surface area contributed by atoms with Gasteiger partial charge < -0.3 is 10.5 Å². The van der Waals surface area contributed by atoms with Crippen molar-refractivity contribution in [3.63, 3.8) is 0 Å². The highest BCUT2D eigenvalue weighted by atomic mass is 79.9. The average Bonchev–Trinajstić information content (AvgIpc) is 2.04.